The summed E-state index contributed by atoms with van der Waals surface area (Å²) in [6.45, 7) is -3.33. The number of benzene rings is 1. The molecule has 5 nitrogen and oxygen atoms in total. The largest absolute Gasteiger partial charge is 0.433 e. The number of aliphatic hydroxyl groups excluding tert-OH is 1. The number of aliphatic hydroxyl groups is 1. The van der Waals surface area contributed by atoms with E-state index in [1.54, 1.807) is 0 Å². The second kappa shape index (κ2) is 6.37. The van der Waals surface area contributed by atoms with Gasteiger partial charge in [0.05, 0.1) is 17.2 Å². The highest BCUT2D eigenvalue weighted by atomic mass is 32.2. The van der Waals surface area contributed by atoms with E-state index in [1.807, 2.05) is 0 Å². The molecule has 0 aliphatic carbocycles. The molecule has 0 atom stereocenters. The lowest BCUT2D eigenvalue weighted by atomic mass is 10.3. The molecule has 0 saturated heterocycles. The Bertz CT molecular complexity index is 716. The molecule has 1 heterocycles. The van der Waals surface area contributed by atoms with Gasteiger partial charge in [-0.25, -0.2) is 8.42 Å². The van der Waals surface area contributed by atoms with Gasteiger partial charge in [0.15, 0.2) is 0 Å². The summed E-state index contributed by atoms with van der Waals surface area (Å²) in [7, 11) is -3.94. The van der Waals surface area contributed by atoms with E-state index < -0.39 is 16.6 Å². The Morgan fingerprint density at radius 3 is 2.67 bits per heavy atom. The monoisotopic (exact) mass is 335 g/mol. The quantitative estimate of drug-likeness (QED) is 0.851. The number of sulfonamides is 1. The molecular weight excluding hydrogens is 324 g/mol. The van der Waals surface area contributed by atoms with Gasteiger partial charge >= 0.3 is 6.61 Å². The van der Waals surface area contributed by atoms with Crippen molar-refractivity contribution in [3.05, 3.63) is 40.6 Å². The normalized spacial score (nSPS) is 11.6. The standard InChI is InChI=1S/C12H11F2NO4S2/c13-12(14)19-11-4-2-1-3-10(11)15-21(17,18)9-5-8(6-16)20-7-9/h1-5,7,12,15-16H,6H2. The smallest absolute Gasteiger partial charge is 0.387 e. The molecule has 0 amide bonds. The molecule has 0 aliphatic heterocycles. The minimum atomic E-state index is -3.94. The summed E-state index contributed by atoms with van der Waals surface area (Å²) in [6.07, 6.45) is 0. The van der Waals surface area contributed by atoms with Crippen LogP contribution in [0.5, 0.6) is 5.75 Å². The average molecular weight is 335 g/mol. The van der Waals surface area contributed by atoms with E-state index in [1.165, 1.54) is 35.7 Å². The highest BCUT2D eigenvalue weighted by Crippen LogP contribution is 2.29. The Morgan fingerprint density at radius 1 is 1.33 bits per heavy atom. The molecular formula is C12H11F2NO4S2. The van der Waals surface area contributed by atoms with Gasteiger partial charge in [0, 0.05) is 10.3 Å². The van der Waals surface area contributed by atoms with Crippen LogP contribution in [0.4, 0.5) is 14.5 Å². The second-order valence-electron chi connectivity index (χ2n) is 3.89. The Kier molecular flexibility index (Phi) is 4.76. The summed E-state index contributed by atoms with van der Waals surface area (Å²) in [6, 6.07) is 6.79. The van der Waals surface area contributed by atoms with E-state index in [9.17, 15) is 17.2 Å². The van der Waals surface area contributed by atoms with Crippen LogP contribution in [0.2, 0.25) is 0 Å². The van der Waals surface area contributed by atoms with Gasteiger partial charge < -0.3 is 9.84 Å². The zero-order chi connectivity index (χ0) is 15.5. The summed E-state index contributed by atoms with van der Waals surface area (Å²) in [4.78, 5) is 0.427. The van der Waals surface area contributed by atoms with Crippen molar-refractivity contribution >= 4 is 27.0 Å². The van der Waals surface area contributed by atoms with E-state index in [0.717, 1.165) is 11.3 Å². The number of nitrogens with one attached hydrogen (secondary N) is 1. The third kappa shape index (κ3) is 3.90. The highest BCUT2D eigenvalue weighted by Gasteiger charge is 2.19. The first-order valence-corrected chi connectivity index (χ1v) is 8.03. The number of thiophene rings is 1. The summed E-state index contributed by atoms with van der Waals surface area (Å²) in [5.74, 6) is -0.270. The van der Waals surface area contributed by atoms with Crippen LogP contribution in [-0.4, -0.2) is 20.1 Å². The molecule has 0 fully saturated rings. The molecule has 1 aromatic heterocycles. The lowest BCUT2D eigenvalue weighted by molar-refractivity contribution is -0.0493. The Morgan fingerprint density at radius 2 is 2.05 bits per heavy atom. The first-order valence-electron chi connectivity index (χ1n) is 5.67. The van der Waals surface area contributed by atoms with Crippen molar-refractivity contribution in [2.75, 3.05) is 4.72 Å². The van der Waals surface area contributed by atoms with Gasteiger partial charge in [-0.2, -0.15) is 8.78 Å². The van der Waals surface area contributed by atoms with Crippen LogP contribution < -0.4 is 9.46 Å². The van der Waals surface area contributed by atoms with E-state index in [2.05, 4.69) is 9.46 Å². The van der Waals surface area contributed by atoms with E-state index in [-0.39, 0.29) is 22.9 Å². The Hall–Kier alpha value is -1.71. The molecule has 0 spiro atoms. The summed E-state index contributed by atoms with van der Waals surface area (Å²) >= 11 is 1.08. The minimum Gasteiger partial charge on any atom is -0.433 e. The third-order valence-electron chi connectivity index (χ3n) is 2.44. The molecule has 0 aliphatic rings. The number of rotatable bonds is 6. The van der Waals surface area contributed by atoms with Crippen LogP contribution in [0, 0.1) is 0 Å². The minimum absolute atomic E-state index is 0.0524. The van der Waals surface area contributed by atoms with Crippen LogP contribution in [0.25, 0.3) is 0 Å². The van der Waals surface area contributed by atoms with E-state index in [4.69, 9.17) is 5.11 Å². The summed E-state index contributed by atoms with van der Waals surface area (Å²) < 4.78 is 55.3. The van der Waals surface area contributed by atoms with Gasteiger partial charge in [0.2, 0.25) is 0 Å². The fourth-order valence-corrected chi connectivity index (χ4v) is 3.74. The number of ether oxygens (including phenoxy) is 1. The molecule has 9 heteroatoms. The first kappa shape index (κ1) is 15.7. The molecule has 0 radical (unpaired) electrons. The fourth-order valence-electron chi connectivity index (χ4n) is 1.54. The second-order valence-corrected chi connectivity index (χ2v) is 6.57. The van der Waals surface area contributed by atoms with Crippen molar-refractivity contribution in [2.45, 2.75) is 18.1 Å². The maximum atomic E-state index is 12.3. The van der Waals surface area contributed by atoms with Gasteiger partial charge in [-0.05, 0) is 18.2 Å². The molecule has 2 N–H and O–H groups in total. The van der Waals surface area contributed by atoms with Crippen LogP contribution in [0.3, 0.4) is 0 Å². The van der Waals surface area contributed by atoms with Crippen LogP contribution >= 0.6 is 11.3 Å². The molecule has 0 saturated carbocycles. The lowest BCUT2D eigenvalue weighted by Crippen LogP contribution is -2.14. The number of alkyl halides is 2. The third-order valence-corrected chi connectivity index (χ3v) is 4.86. The molecule has 2 aromatic rings. The van der Waals surface area contributed by atoms with E-state index >= 15 is 0 Å². The predicted octanol–water partition coefficient (Wildman–Crippen LogP) is 2.64. The van der Waals surface area contributed by atoms with E-state index in [0.29, 0.717) is 4.88 Å². The van der Waals surface area contributed by atoms with Crippen molar-refractivity contribution < 1.29 is 27.0 Å². The summed E-state index contributed by atoms with van der Waals surface area (Å²) in [5.41, 5.74) is -0.0884. The topological polar surface area (TPSA) is 75.6 Å². The van der Waals surface area contributed by atoms with Gasteiger partial charge in [-0.15, -0.1) is 11.3 Å². The number of para-hydroxylation sites is 2. The van der Waals surface area contributed by atoms with Crippen molar-refractivity contribution in [3.8, 4) is 5.75 Å². The average Bonchev–Trinajstić information content (AvgIpc) is 2.90. The Balaban J connectivity index is 2.28. The molecule has 0 bridgehead atoms. The first-order chi connectivity index (χ1) is 9.92. The fraction of sp³-hybridized carbons (Fsp3) is 0.167. The maximum absolute atomic E-state index is 12.3. The highest BCUT2D eigenvalue weighted by molar-refractivity contribution is 7.92. The molecule has 0 unspecified atom stereocenters. The zero-order valence-corrected chi connectivity index (χ0v) is 12.1. The van der Waals surface area contributed by atoms with Gasteiger partial charge in [-0.3, -0.25) is 4.72 Å². The van der Waals surface area contributed by atoms with Crippen molar-refractivity contribution in [1.82, 2.24) is 0 Å². The zero-order valence-electron chi connectivity index (χ0n) is 10.5. The van der Waals surface area contributed by atoms with Gasteiger partial charge in [0.25, 0.3) is 10.0 Å². The van der Waals surface area contributed by atoms with Crippen LogP contribution in [0.15, 0.2) is 40.6 Å². The number of hydrogen-bond donors (Lipinski definition) is 2. The van der Waals surface area contributed by atoms with Crippen molar-refractivity contribution in [3.63, 3.8) is 0 Å². The number of anilines is 1. The maximum Gasteiger partial charge on any atom is 0.387 e. The number of halogens is 2. The van der Waals surface area contributed by atoms with Crippen molar-refractivity contribution in [2.24, 2.45) is 0 Å². The molecule has 114 valence electrons. The number of hydrogen-bond acceptors (Lipinski definition) is 5. The van der Waals surface area contributed by atoms with Crippen LogP contribution in [-0.2, 0) is 16.6 Å². The predicted molar refractivity (Wildman–Crippen MR) is 74.1 cm³/mol. The SMILES string of the molecule is O=S(=O)(Nc1ccccc1OC(F)F)c1csc(CO)c1. The summed E-state index contributed by atoms with van der Waals surface area (Å²) in [5, 5.41) is 10.3. The van der Waals surface area contributed by atoms with Crippen LogP contribution in [0.1, 0.15) is 4.88 Å². The molecule has 1 aromatic carbocycles. The lowest BCUT2D eigenvalue weighted by Gasteiger charge is -2.12. The Labute approximate surface area is 123 Å². The van der Waals surface area contributed by atoms with Crippen molar-refractivity contribution in [1.29, 1.82) is 0 Å². The molecule has 21 heavy (non-hydrogen) atoms. The van der Waals surface area contributed by atoms with Gasteiger partial charge in [0.1, 0.15) is 5.75 Å². The van der Waals surface area contributed by atoms with Gasteiger partial charge in [-0.1, -0.05) is 12.1 Å². The molecule has 2 rings (SSSR count).